The van der Waals surface area contributed by atoms with E-state index < -0.39 is 12.7 Å². The smallest absolute Gasteiger partial charge is 0.371 e. The van der Waals surface area contributed by atoms with E-state index in [1.165, 1.54) is 12.3 Å². The summed E-state index contributed by atoms with van der Waals surface area (Å²) < 4.78 is 48.4. The Kier molecular flexibility index (Phi) is 4.44. The molecular formula is C22H19F3N6O2. The Hall–Kier alpha value is -3.47. The highest BCUT2D eigenvalue weighted by atomic mass is 19.4. The van der Waals surface area contributed by atoms with Gasteiger partial charge in [0.25, 0.3) is 5.91 Å². The Morgan fingerprint density at radius 2 is 1.91 bits per heavy atom. The number of carbonyl (C=O) groups is 1. The zero-order valence-corrected chi connectivity index (χ0v) is 17.4. The number of rotatable bonds is 3. The fourth-order valence-electron chi connectivity index (χ4n) is 4.72. The van der Waals surface area contributed by atoms with E-state index in [-0.39, 0.29) is 29.3 Å². The molecule has 4 aromatic rings. The van der Waals surface area contributed by atoms with Crippen LogP contribution in [0, 0.1) is 0 Å². The summed E-state index contributed by atoms with van der Waals surface area (Å²) in [5.74, 6) is -0.312. The van der Waals surface area contributed by atoms with Crippen LogP contribution in [0.2, 0.25) is 0 Å². The molecule has 2 bridgehead atoms. The van der Waals surface area contributed by atoms with Crippen LogP contribution in [0.3, 0.4) is 0 Å². The molecule has 4 aromatic heterocycles. The van der Waals surface area contributed by atoms with Gasteiger partial charge in [0.1, 0.15) is 23.6 Å². The number of hydrogen-bond donors (Lipinski definition) is 0. The van der Waals surface area contributed by atoms with E-state index in [0.29, 0.717) is 35.5 Å². The summed E-state index contributed by atoms with van der Waals surface area (Å²) in [7, 11) is 0. The summed E-state index contributed by atoms with van der Waals surface area (Å²) in [5.41, 5.74) is 1.80. The van der Waals surface area contributed by atoms with Crippen LogP contribution in [0.5, 0.6) is 0 Å². The van der Waals surface area contributed by atoms with Crippen molar-refractivity contribution in [1.29, 1.82) is 0 Å². The Bertz CT molecular complexity index is 1370. The van der Waals surface area contributed by atoms with Gasteiger partial charge in [-0.25, -0.2) is 4.98 Å². The molecule has 1 amide bonds. The SMILES string of the molecule is O=C(c1cc2c(cn1)c(-c1cnc3ccccn13)nn2CC(F)(F)F)N1CC2CCC(C1)O2. The Morgan fingerprint density at radius 1 is 1.12 bits per heavy atom. The fraction of sp³-hybridized carbons (Fsp3) is 0.364. The highest BCUT2D eigenvalue weighted by Crippen LogP contribution is 2.32. The number of hydrogen-bond acceptors (Lipinski definition) is 5. The maximum atomic E-state index is 13.3. The largest absolute Gasteiger partial charge is 0.408 e. The second kappa shape index (κ2) is 7.27. The predicted octanol–water partition coefficient (Wildman–Crippen LogP) is 3.31. The third-order valence-corrected chi connectivity index (χ3v) is 6.17. The lowest BCUT2D eigenvalue weighted by atomic mass is 10.2. The molecule has 8 nitrogen and oxygen atoms in total. The zero-order chi connectivity index (χ0) is 22.7. The van der Waals surface area contributed by atoms with Crippen LogP contribution in [0.4, 0.5) is 13.2 Å². The van der Waals surface area contributed by atoms with Crippen molar-refractivity contribution >= 4 is 22.5 Å². The van der Waals surface area contributed by atoms with Gasteiger partial charge in [-0.15, -0.1) is 0 Å². The van der Waals surface area contributed by atoms with Crippen molar-refractivity contribution in [3.63, 3.8) is 0 Å². The number of amides is 1. The van der Waals surface area contributed by atoms with E-state index in [0.717, 1.165) is 17.5 Å². The van der Waals surface area contributed by atoms with Gasteiger partial charge in [0.2, 0.25) is 0 Å². The first-order valence-electron chi connectivity index (χ1n) is 10.7. The maximum absolute atomic E-state index is 13.3. The maximum Gasteiger partial charge on any atom is 0.408 e. The van der Waals surface area contributed by atoms with E-state index in [1.807, 2.05) is 6.07 Å². The molecule has 0 saturated carbocycles. The molecule has 0 aliphatic carbocycles. The number of likely N-dealkylation sites (tertiary alicyclic amines) is 1. The third-order valence-electron chi connectivity index (χ3n) is 6.17. The Labute approximate surface area is 185 Å². The van der Waals surface area contributed by atoms with Crippen molar-refractivity contribution in [2.45, 2.75) is 37.8 Å². The van der Waals surface area contributed by atoms with Gasteiger partial charge in [0, 0.05) is 30.9 Å². The lowest BCUT2D eigenvalue weighted by Gasteiger charge is -2.31. The molecule has 2 saturated heterocycles. The topological polar surface area (TPSA) is 77.6 Å². The Morgan fingerprint density at radius 3 is 2.67 bits per heavy atom. The van der Waals surface area contributed by atoms with Crippen molar-refractivity contribution in [3.8, 4) is 11.4 Å². The van der Waals surface area contributed by atoms with Gasteiger partial charge in [-0.3, -0.25) is 18.9 Å². The van der Waals surface area contributed by atoms with Crippen molar-refractivity contribution in [3.05, 3.63) is 48.5 Å². The minimum atomic E-state index is -4.48. The Balaban J connectivity index is 1.45. The first-order chi connectivity index (χ1) is 15.9. The first kappa shape index (κ1) is 20.2. The van der Waals surface area contributed by atoms with E-state index in [2.05, 4.69) is 15.1 Å². The van der Waals surface area contributed by atoms with Crippen LogP contribution in [0.15, 0.2) is 42.9 Å². The average Bonchev–Trinajstić information content (AvgIpc) is 3.47. The van der Waals surface area contributed by atoms with Gasteiger partial charge in [-0.2, -0.15) is 18.3 Å². The molecule has 2 aliphatic rings. The van der Waals surface area contributed by atoms with E-state index in [4.69, 9.17) is 4.74 Å². The quantitative estimate of drug-likeness (QED) is 0.473. The third kappa shape index (κ3) is 3.52. The number of halogens is 3. The zero-order valence-electron chi connectivity index (χ0n) is 17.4. The standard InChI is InChI=1S/C22H19F3N6O2/c23-22(24,25)12-31-17-7-16(21(32)29-10-13-4-5-14(11-29)33-13)26-8-15(17)20(28-31)18-9-27-19-3-1-2-6-30(18)19/h1-3,6-9,13-14H,4-5,10-12H2. The molecule has 2 aliphatic heterocycles. The monoisotopic (exact) mass is 456 g/mol. The number of fused-ring (bicyclic) bond motifs is 4. The highest BCUT2D eigenvalue weighted by Gasteiger charge is 2.37. The fourth-order valence-corrected chi connectivity index (χ4v) is 4.72. The van der Waals surface area contributed by atoms with Crippen molar-refractivity contribution < 1.29 is 22.7 Å². The van der Waals surface area contributed by atoms with E-state index in [1.54, 1.807) is 33.8 Å². The van der Waals surface area contributed by atoms with Gasteiger partial charge in [0.15, 0.2) is 0 Å². The minimum absolute atomic E-state index is 0.00828. The molecule has 2 atom stereocenters. The van der Waals surface area contributed by atoms with Gasteiger partial charge in [0.05, 0.1) is 29.6 Å². The summed E-state index contributed by atoms with van der Waals surface area (Å²) in [4.78, 5) is 23.4. The number of alkyl halides is 3. The van der Waals surface area contributed by atoms with Crippen molar-refractivity contribution in [2.24, 2.45) is 0 Å². The average molecular weight is 456 g/mol. The highest BCUT2D eigenvalue weighted by molar-refractivity contribution is 5.99. The molecule has 33 heavy (non-hydrogen) atoms. The molecule has 11 heteroatoms. The number of nitrogens with zero attached hydrogens (tertiary/aromatic N) is 6. The molecular weight excluding hydrogens is 437 g/mol. The number of aromatic nitrogens is 5. The van der Waals surface area contributed by atoms with Crippen LogP contribution >= 0.6 is 0 Å². The van der Waals surface area contributed by atoms with Gasteiger partial charge < -0.3 is 9.64 Å². The summed E-state index contributed by atoms with van der Waals surface area (Å²) in [6.07, 6.45) is 2.11. The molecule has 170 valence electrons. The second-order valence-corrected chi connectivity index (χ2v) is 8.45. The predicted molar refractivity (Wildman–Crippen MR) is 112 cm³/mol. The van der Waals surface area contributed by atoms with Crippen LogP contribution in [0.25, 0.3) is 27.9 Å². The van der Waals surface area contributed by atoms with Crippen LogP contribution in [0.1, 0.15) is 23.3 Å². The van der Waals surface area contributed by atoms with Crippen molar-refractivity contribution in [2.75, 3.05) is 13.1 Å². The van der Waals surface area contributed by atoms with Crippen molar-refractivity contribution in [1.82, 2.24) is 29.0 Å². The number of carbonyl (C=O) groups excluding carboxylic acids is 1. The minimum Gasteiger partial charge on any atom is -0.371 e. The van der Waals surface area contributed by atoms with Gasteiger partial charge in [-0.05, 0) is 31.0 Å². The number of pyridine rings is 2. The lowest BCUT2D eigenvalue weighted by Crippen LogP contribution is -2.46. The molecule has 2 unspecified atom stereocenters. The molecule has 6 rings (SSSR count). The number of imidazole rings is 1. The summed E-state index contributed by atoms with van der Waals surface area (Å²) >= 11 is 0. The van der Waals surface area contributed by atoms with Crippen LogP contribution < -0.4 is 0 Å². The molecule has 0 aromatic carbocycles. The molecule has 0 spiro atoms. The molecule has 0 N–H and O–H groups in total. The molecule has 0 radical (unpaired) electrons. The van der Waals surface area contributed by atoms with Crippen LogP contribution in [-0.2, 0) is 11.3 Å². The second-order valence-electron chi connectivity index (χ2n) is 8.45. The first-order valence-corrected chi connectivity index (χ1v) is 10.7. The normalized spacial score (nSPS) is 20.8. The van der Waals surface area contributed by atoms with E-state index >= 15 is 0 Å². The summed E-state index contributed by atoms with van der Waals surface area (Å²) in [5, 5.41) is 4.69. The summed E-state index contributed by atoms with van der Waals surface area (Å²) in [6, 6.07) is 6.82. The molecule has 2 fully saturated rings. The lowest BCUT2D eigenvalue weighted by molar-refractivity contribution is -0.141. The molecule has 6 heterocycles. The van der Waals surface area contributed by atoms with Gasteiger partial charge >= 0.3 is 6.18 Å². The number of morpholine rings is 1. The van der Waals surface area contributed by atoms with E-state index in [9.17, 15) is 18.0 Å². The van der Waals surface area contributed by atoms with Crippen LogP contribution in [-0.4, -0.2) is 66.4 Å². The van der Waals surface area contributed by atoms with Gasteiger partial charge in [-0.1, -0.05) is 6.07 Å². The number of ether oxygens (including phenoxy) is 1. The summed E-state index contributed by atoms with van der Waals surface area (Å²) in [6.45, 7) is -0.354.